The second-order valence-electron chi connectivity index (χ2n) is 3.31. The van der Waals surface area contributed by atoms with E-state index in [9.17, 15) is 0 Å². The third-order valence-corrected chi connectivity index (χ3v) is 2.22. The SMILES string of the molecule is C1=CC([N]C2C=CCC=C2)C=CC1. The first-order valence-electron chi connectivity index (χ1n) is 4.82. The predicted molar refractivity (Wildman–Crippen MR) is 55.5 cm³/mol. The minimum Gasteiger partial charge on any atom is -0.219 e. The molecule has 0 aromatic carbocycles. The van der Waals surface area contributed by atoms with Crippen molar-refractivity contribution in [1.82, 2.24) is 5.32 Å². The van der Waals surface area contributed by atoms with E-state index < -0.39 is 0 Å². The summed E-state index contributed by atoms with van der Waals surface area (Å²) in [6.45, 7) is 0. The number of hydrogen-bond donors (Lipinski definition) is 0. The van der Waals surface area contributed by atoms with Crippen LogP contribution in [0.25, 0.3) is 0 Å². The van der Waals surface area contributed by atoms with E-state index in [1.165, 1.54) is 0 Å². The number of nitrogens with zero attached hydrogens (tertiary/aromatic N) is 1. The van der Waals surface area contributed by atoms with Crippen LogP contribution >= 0.6 is 0 Å². The molecule has 0 saturated heterocycles. The maximum Gasteiger partial charge on any atom is 0.0617 e. The normalized spacial score (nSPS) is 22.8. The molecule has 0 aromatic rings. The molecule has 1 nitrogen and oxygen atoms in total. The summed E-state index contributed by atoms with van der Waals surface area (Å²) in [7, 11) is 0. The van der Waals surface area contributed by atoms with Gasteiger partial charge in [0.1, 0.15) is 0 Å². The molecule has 0 amide bonds. The summed E-state index contributed by atoms with van der Waals surface area (Å²) in [5, 5.41) is 4.65. The molecular formula is C12H14N. The second kappa shape index (κ2) is 4.24. The van der Waals surface area contributed by atoms with Crippen LogP contribution in [-0.2, 0) is 0 Å². The lowest BCUT2D eigenvalue weighted by Gasteiger charge is -2.16. The molecule has 0 unspecified atom stereocenters. The van der Waals surface area contributed by atoms with Crippen molar-refractivity contribution >= 4 is 0 Å². The molecule has 0 atom stereocenters. The van der Waals surface area contributed by atoms with Gasteiger partial charge in [-0.15, -0.1) is 0 Å². The molecule has 2 aliphatic rings. The molecule has 0 aromatic heterocycles. The summed E-state index contributed by atoms with van der Waals surface area (Å²) in [6.07, 6.45) is 19.5. The van der Waals surface area contributed by atoms with Crippen molar-refractivity contribution in [2.45, 2.75) is 24.9 Å². The lowest BCUT2D eigenvalue weighted by molar-refractivity contribution is 0.633. The molecule has 2 aliphatic carbocycles. The third-order valence-electron chi connectivity index (χ3n) is 2.22. The van der Waals surface area contributed by atoms with Crippen molar-refractivity contribution in [2.75, 3.05) is 0 Å². The summed E-state index contributed by atoms with van der Waals surface area (Å²) in [5.41, 5.74) is 0. The lowest BCUT2D eigenvalue weighted by atomic mass is 10.1. The average molecular weight is 172 g/mol. The molecule has 0 spiro atoms. The Balaban J connectivity index is 1.89. The Morgan fingerprint density at radius 1 is 0.692 bits per heavy atom. The van der Waals surface area contributed by atoms with Crippen LogP contribution in [0.1, 0.15) is 12.8 Å². The fourth-order valence-corrected chi connectivity index (χ4v) is 1.55. The number of hydrogen-bond acceptors (Lipinski definition) is 0. The Bertz CT molecular complexity index is 219. The van der Waals surface area contributed by atoms with E-state index >= 15 is 0 Å². The minimum atomic E-state index is 0.283. The molecule has 67 valence electrons. The highest BCUT2D eigenvalue weighted by atomic mass is 14.9. The molecule has 0 N–H and O–H groups in total. The molecule has 0 fully saturated rings. The Kier molecular flexibility index (Phi) is 2.78. The van der Waals surface area contributed by atoms with Gasteiger partial charge in [0.05, 0.1) is 12.1 Å². The monoisotopic (exact) mass is 172 g/mol. The Hall–Kier alpha value is -1.08. The van der Waals surface area contributed by atoms with Crippen LogP contribution in [0.5, 0.6) is 0 Å². The zero-order chi connectivity index (χ0) is 8.93. The maximum atomic E-state index is 4.65. The van der Waals surface area contributed by atoms with Gasteiger partial charge in [-0.25, -0.2) is 5.32 Å². The van der Waals surface area contributed by atoms with Crippen molar-refractivity contribution in [3.8, 4) is 0 Å². The van der Waals surface area contributed by atoms with E-state index in [0.717, 1.165) is 12.8 Å². The standard InChI is InChI=1S/C12H14N/c1-3-7-11(8-4-1)13-12-9-5-2-6-10-12/h3-12H,1-2H2. The predicted octanol–water partition coefficient (Wildman–Crippen LogP) is 2.36. The minimum absolute atomic E-state index is 0.283. The second-order valence-corrected chi connectivity index (χ2v) is 3.31. The van der Waals surface area contributed by atoms with Gasteiger partial charge in [-0.05, 0) is 12.8 Å². The van der Waals surface area contributed by atoms with Crippen molar-refractivity contribution in [3.05, 3.63) is 48.6 Å². The zero-order valence-corrected chi connectivity index (χ0v) is 7.63. The van der Waals surface area contributed by atoms with Crippen LogP contribution in [0, 0.1) is 0 Å². The zero-order valence-electron chi connectivity index (χ0n) is 7.63. The molecule has 13 heavy (non-hydrogen) atoms. The summed E-state index contributed by atoms with van der Waals surface area (Å²) in [6, 6.07) is 0.567. The van der Waals surface area contributed by atoms with E-state index in [-0.39, 0.29) is 12.1 Å². The van der Waals surface area contributed by atoms with Gasteiger partial charge in [0.2, 0.25) is 0 Å². The van der Waals surface area contributed by atoms with E-state index in [1.54, 1.807) is 0 Å². The van der Waals surface area contributed by atoms with Crippen LogP contribution in [0.15, 0.2) is 48.6 Å². The van der Waals surface area contributed by atoms with Crippen LogP contribution in [0.2, 0.25) is 0 Å². The maximum absolute atomic E-state index is 4.65. The molecular weight excluding hydrogens is 158 g/mol. The van der Waals surface area contributed by atoms with Gasteiger partial charge in [0.15, 0.2) is 0 Å². The summed E-state index contributed by atoms with van der Waals surface area (Å²) in [4.78, 5) is 0. The fourth-order valence-electron chi connectivity index (χ4n) is 1.55. The molecule has 0 bridgehead atoms. The highest BCUT2D eigenvalue weighted by molar-refractivity contribution is 5.19. The van der Waals surface area contributed by atoms with Crippen LogP contribution in [-0.4, -0.2) is 12.1 Å². The molecule has 0 aliphatic heterocycles. The largest absolute Gasteiger partial charge is 0.219 e. The van der Waals surface area contributed by atoms with Crippen LogP contribution in [0.3, 0.4) is 0 Å². The fraction of sp³-hybridized carbons (Fsp3) is 0.333. The van der Waals surface area contributed by atoms with Gasteiger partial charge in [-0.1, -0.05) is 48.6 Å². The summed E-state index contributed by atoms with van der Waals surface area (Å²) in [5.74, 6) is 0. The number of rotatable bonds is 2. The quantitative estimate of drug-likeness (QED) is 0.568. The van der Waals surface area contributed by atoms with Crippen molar-refractivity contribution in [3.63, 3.8) is 0 Å². The smallest absolute Gasteiger partial charge is 0.0617 e. The molecule has 1 radical (unpaired) electrons. The van der Waals surface area contributed by atoms with Crippen molar-refractivity contribution in [1.29, 1.82) is 0 Å². The Labute approximate surface area is 79.5 Å². The van der Waals surface area contributed by atoms with Crippen LogP contribution < -0.4 is 5.32 Å². The summed E-state index contributed by atoms with van der Waals surface area (Å²) >= 11 is 0. The Morgan fingerprint density at radius 3 is 1.46 bits per heavy atom. The van der Waals surface area contributed by atoms with E-state index in [2.05, 4.69) is 53.9 Å². The highest BCUT2D eigenvalue weighted by Crippen LogP contribution is 2.08. The van der Waals surface area contributed by atoms with Crippen LogP contribution in [0.4, 0.5) is 0 Å². The van der Waals surface area contributed by atoms with Crippen molar-refractivity contribution in [2.24, 2.45) is 0 Å². The molecule has 1 heteroatoms. The highest BCUT2D eigenvalue weighted by Gasteiger charge is 2.09. The summed E-state index contributed by atoms with van der Waals surface area (Å²) < 4.78 is 0. The first kappa shape index (κ1) is 8.52. The van der Waals surface area contributed by atoms with Gasteiger partial charge in [-0.2, -0.15) is 0 Å². The van der Waals surface area contributed by atoms with E-state index in [4.69, 9.17) is 0 Å². The first-order chi connectivity index (χ1) is 6.45. The number of allylic oxidation sites excluding steroid dienone is 4. The van der Waals surface area contributed by atoms with E-state index in [0.29, 0.717) is 0 Å². The molecule has 0 saturated carbocycles. The molecule has 0 heterocycles. The van der Waals surface area contributed by atoms with E-state index in [1.807, 2.05) is 0 Å². The van der Waals surface area contributed by atoms with Gasteiger partial charge in [0, 0.05) is 0 Å². The average Bonchev–Trinajstić information content (AvgIpc) is 2.21. The lowest BCUT2D eigenvalue weighted by Crippen LogP contribution is -2.27. The van der Waals surface area contributed by atoms with Crippen molar-refractivity contribution < 1.29 is 0 Å². The van der Waals surface area contributed by atoms with Gasteiger partial charge in [0.25, 0.3) is 0 Å². The third kappa shape index (κ3) is 2.43. The molecule has 2 rings (SSSR count). The van der Waals surface area contributed by atoms with Gasteiger partial charge >= 0.3 is 0 Å². The van der Waals surface area contributed by atoms with Gasteiger partial charge in [-0.3, -0.25) is 0 Å². The Morgan fingerprint density at radius 2 is 1.08 bits per heavy atom. The first-order valence-corrected chi connectivity index (χ1v) is 4.82. The topological polar surface area (TPSA) is 14.1 Å². The van der Waals surface area contributed by atoms with Gasteiger partial charge < -0.3 is 0 Å².